The highest BCUT2D eigenvalue weighted by Crippen LogP contribution is 2.52. The maximum atomic E-state index is 4.07. The summed E-state index contributed by atoms with van der Waals surface area (Å²) in [5.74, 6) is 0.675. The van der Waals surface area contributed by atoms with E-state index in [0.717, 1.165) is 13.1 Å². The molecule has 3 rings (SSSR count). The van der Waals surface area contributed by atoms with Gasteiger partial charge in [0.25, 0.3) is 0 Å². The minimum absolute atomic E-state index is 0.330. The molecule has 1 heterocycles. The Morgan fingerprint density at radius 2 is 2.10 bits per heavy atom. The number of benzene rings is 1. The van der Waals surface area contributed by atoms with Gasteiger partial charge in [-0.3, -0.25) is 0 Å². The largest absolute Gasteiger partial charge is 0.336 e. The van der Waals surface area contributed by atoms with E-state index < -0.39 is 0 Å². The molecule has 1 aromatic heterocycles. The summed E-state index contributed by atoms with van der Waals surface area (Å²) in [7, 11) is 0. The second-order valence-electron chi connectivity index (χ2n) is 6.33. The fourth-order valence-electron chi connectivity index (χ4n) is 3.31. The van der Waals surface area contributed by atoms with E-state index in [1.54, 1.807) is 0 Å². The van der Waals surface area contributed by atoms with Gasteiger partial charge >= 0.3 is 0 Å². The average molecular weight is 269 g/mol. The molecule has 2 aromatic rings. The minimum atomic E-state index is 0.330. The first kappa shape index (κ1) is 13.4. The van der Waals surface area contributed by atoms with E-state index >= 15 is 0 Å². The maximum absolute atomic E-state index is 4.07. The highest BCUT2D eigenvalue weighted by Gasteiger charge is 2.48. The van der Waals surface area contributed by atoms with Gasteiger partial charge in [-0.05, 0) is 23.3 Å². The smallest absolute Gasteiger partial charge is 0.0946 e. The van der Waals surface area contributed by atoms with Crippen LogP contribution in [-0.4, -0.2) is 22.1 Å². The van der Waals surface area contributed by atoms with E-state index in [0.29, 0.717) is 17.4 Å². The Labute approximate surface area is 121 Å². The number of imidazole rings is 1. The van der Waals surface area contributed by atoms with Gasteiger partial charge in [-0.1, -0.05) is 44.2 Å². The third-order valence-electron chi connectivity index (χ3n) is 4.79. The van der Waals surface area contributed by atoms with Crippen molar-refractivity contribution in [2.75, 3.05) is 6.54 Å². The molecule has 1 N–H and O–H groups in total. The summed E-state index contributed by atoms with van der Waals surface area (Å²) in [5, 5.41) is 3.70. The summed E-state index contributed by atoms with van der Waals surface area (Å²) in [6, 6.07) is 11.5. The van der Waals surface area contributed by atoms with Gasteiger partial charge < -0.3 is 9.88 Å². The van der Waals surface area contributed by atoms with Gasteiger partial charge in [0, 0.05) is 31.5 Å². The molecule has 0 amide bonds. The SMILES string of the molecule is CC1(C)[C@@H](NCCn2ccnc2)C[C@H]1c1ccccc1. The van der Waals surface area contributed by atoms with Gasteiger partial charge in [-0.25, -0.2) is 4.98 Å². The predicted molar refractivity (Wildman–Crippen MR) is 81.6 cm³/mol. The molecule has 106 valence electrons. The Kier molecular flexibility index (Phi) is 3.62. The van der Waals surface area contributed by atoms with E-state index in [-0.39, 0.29) is 0 Å². The Balaban J connectivity index is 1.53. The Bertz CT molecular complexity index is 531. The monoisotopic (exact) mass is 269 g/mol. The number of aromatic nitrogens is 2. The molecule has 20 heavy (non-hydrogen) atoms. The number of hydrogen-bond acceptors (Lipinski definition) is 2. The fraction of sp³-hybridized carbons (Fsp3) is 0.471. The summed E-state index contributed by atoms with van der Waals surface area (Å²) in [6.45, 7) is 6.75. The summed E-state index contributed by atoms with van der Waals surface area (Å²) < 4.78 is 2.12. The van der Waals surface area contributed by atoms with Crippen LogP contribution >= 0.6 is 0 Å². The van der Waals surface area contributed by atoms with Gasteiger partial charge in [0.15, 0.2) is 0 Å². The van der Waals surface area contributed by atoms with Gasteiger partial charge in [0.1, 0.15) is 0 Å². The van der Waals surface area contributed by atoms with Crippen molar-refractivity contribution in [2.24, 2.45) is 5.41 Å². The summed E-state index contributed by atoms with van der Waals surface area (Å²) >= 11 is 0. The van der Waals surface area contributed by atoms with Crippen molar-refractivity contribution in [2.45, 2.75) is 38.8 Å². The normalized spacial score (nSPS) is 24.3. The third-order valence-corrected chi connectivity index (χ3v) is 4.79. The first-order valence-corrected chi connectivity index (χ1v) is 7.42. The van der Waals surface area contributed by atoms with Crippen molar-refractivity contribution in [1.82, 2.24) is 14.9 Å². The maximum Gasteiger partial charge on any atom is 0.0946 e. The van der Waals surface area contributed by atoms with Crippen molar-refractivity contribution < 1.29 is 0 Å². The van der Waals surface area contributed by atoms with Crippen molar-refractivity contribution >= 4 is 0 Å². The highest BCUT2D eigenvalue weighted by molar-refractivity contribution is 5.27. The first-order chi connectivity index (χ1) is 9.68. The van der Waals surface area contributed by atoms with Gasteiger partial charge in [0.05, 0.1) is 6.33 Å². The van der Waals surface area contributed by atoms with Crippen molar-refractivity contribution in [1.29, 1.82) is 0 Å². The van der Waals surface area contributed by atoms with E-state index in [2.05, 4.69) is 59.0 Å². The van der Waals surface area contributed by atoms with Crippen LogP contribution in [0.3, 0.4) is 0 Å². The first-order valence-electron chi connectivity index (χ1n) is 7.42. The molecule has 1 aliphatic rings. The third kappa shape index (κ3) is 2.50. The molecular weight excluding hydrogens is 246 g/mol. The van der Waals surface area contributed by atoms with Crippen molar-refractivity contribution in [3.8, 4) is 0 Å². The molecule has 1 aromatic carbocycles. The standard InChI is InChI=1S/C17H23N3/c1-17(2)15(14-6-4-3-5-7-14)12-16(17)19-9-11-20-10-8-18-13-20/h3-8,10,13,15-16,19H,9,11-12H2,1-2H3/t15-,16-/m0/s1. The Hall–Kier alpha value is -1.61. The molecule has 3 nitrogen and oxygen atoms in total. The molecule has 3 heteroatoms. The van der Waals surface area contributed by atoms with Crippen LogP contribution in [0.1, 0.15) is 31.7 Å². The van der Waals surface area contributed by atoms with E-state index in [1.165, 1.54) is 12.0 Å². The molecular formula is C17H23N3. The zero-order valence-electron chi connectivity index (χ0n) is 12.3. The molecule has 0 spiro atoms. The molecule has 1 saturated carbocycles. The van der Waals surface area contributed by atoms with E-state index in [9.17, 15) is 0 Å². The number of hydrogen-bond donors (Lipinski definition) is 1. The van der Waals surface area contributed by atoms with Crippen LogP contribution in [0, 0.1) is 5.41 Å². The highest BCUT2D eigenvalue weighted by atomic mass is 15.1. The van der Waals surface area contributed by atoms with E-state index in [4.69, 9.17) is 0 Å². The summed E-state index contributed by atoms with van der Waals surface area (Å²) in [6.07, 6.45) is 6.96. The number of nitrogens with zero attached hydrogens (tertiary/aromatic N) is 2. The van der Waals surface area contributed by atoms with Crippen molar-refractivity contribution in [3.63, 3.8) is 0 Å². The molecule has 1 aliphatic carbocycles. The molecule has 2 atom stereocenters. The average Bonchev–Trinajstić information content (AvgIpc) is 2.96. The predicted octanol–water partition coefficient (Wildman–Crippen LogP) is 3.06. The van der Waals surface area contributed by atoms with Gasteiger partial charge in [-0.15, -0.1) is 0 Å². The molecule has 0 saturated heterocycles. The molecule has 1 fully saturated rings. The van der Waals surface area contributed by atoms with Gasteiger partial charge in [0.2, 0.25) is 0 Å². The Morgan fingerprint density at radius 3 is 2.75 bits per heavy atom. The molecule has 0 unspecified atom stereocenters. The fourth-order valence-corrected chi connectivity index (χ4v) is 3.31. The second-order valence-corrected chi connectivity index (χ2v) is 6.33. The molecule has 0 radical (unpaired) electrons. The molecule has 0 bridgehead atoms. The quantitative estimate of drug-likeness (QED) is 0.904. The zero-order chi connectivity index (χ0) is 14.0. The van der Waals surface area contributed by atoms with Crippen LogP contribution in [-0.2, 0) is 6.54 Å². The molecule has 0 aliphatic heterocycles. The van der Waals surface area contributed by atoms with Crippen LogP contribution in [0.2, 0.25) is 0 Å². The Morgan fingerprint density at radius 1 is 1.30 bits per heavy atom. The summed E-state index contributed by atoms with van der Waals surface area (Å²) in [5.41, 5.74) is 1.81. The number of nitrogens with one attached hydrogen (secondary N) is 1. The van der Waals surface area contributed by atoms with Crippen LogP contribution in [0.25, 0.3) is 0 Å². The van der Waals surface area contributed by atoms with Crippen LogP contribution in [0.5, 0.6) is 0 Å². The van der Waals surface area contributed by atoms with Crippen LogP contribution in [0.4, 0.5) is 0 Å². The second kappa shape index (κ2) is 5.41. The topological polar surface area (TPSA) is 29.9 Å². The van der Waals surface area contributed by atoms with Crippen LogP contribution < -0.4 is 5.32 Å². The minimum Gasteiger partial charge on any atom is -0.336 e. The number of rotatable bonds is 5. The van der Waals surface area contributed by atoms with Gasteiger partial charge in [-0.2, -0.15) is 0 Å². The van der Waals surface area contributed by atoms with E-state index in [1.807, 2.05) is 18.7 Å². The summed E-state index contributed by atoms with van der Waals surface area (Å²) in [4.78, 5) is 4.07. The van der Waals surface area contributed by atoms with Crippen molar-refractivity contribution in [3.05, 3.63) is 54.6 Å². The lowest BCUT2D eigenvalue weighted by atomic mass is 9.56. The lowest BCUT2D eigenvalue weighted by Gasteiger charge is -2.53. The van der Waals surface area contributed by atoms with Crippen LogP contribution in [0.15, 0.2) is 49.1 Å². The lowest BCUT2D eigenvalue weighted by Crippen LogP contribution is -2.55. The zero-order valence-corrected chi connectivity index (χ0v) is 12.3. The lowest BCUT2D eigenvalue weighted by molar-refractivity contribution is 0.0687.